The quantitative estimate of drug-likeness (QED) is 0.485. The average molecular weight is 292 g/mol. The van der Waals surface area contributed by atoms with Crippen molar-refractivity contribution in [3.63, 3.8) is 0 Å². The zero-order chi connectivity index (χ0) is 15.3. The summed E-state index contributed by atoms with van der Waals surface area (Å²) >= 11 is 0. The van der Waals surface area contributed by atoms with Crippen LogP contribution in [0.15, 0.2) is 17.6 Å². The third-order valence-corrected chi connectivity index (χ3v) is 4.67. The molecule has 0 bridgehead atoms. The molecule has 5 nitrogen and oxygen atoms in total. The molecule has 2 aliphatic rings. The first kappa shape index (κ1) is 15.9. The normalized spacial score (nSPS) is 20.9. The highest BCUT2D eigenvalue weighted by atomic mass is 16.2. The maximum absolute atomic E-state index is 11.7. The van der Waals surface area contributed by atoms with Crippen LogP contribution in [0.1, 0.15) is 32.1 Å². The summed E-state index contributed by atoms with van der Waals surface area (Å²) in [7, 11) is 3.52. The zero-order valence-corrected chi connectivity index (χ0v) is 13.4. The molecule has 2 fully saturated rings. The lowest BCUT2D eigenvalue weighted by atomic mass is 9.86. The highest BCUT2D eigenvalue weighted by Crippen LogP contribution is 2.45. The molecule has 1 saturated carbocycles. The van der Waals surface area contributed by atoms with Gasteiger partial charge in [0.2, 0.25) is 5.91 Å². The Kier molecular flexibility index (Phi) is 5.26. The van der Waals surface area contributed by atoms with Crippen LogP contribution in [0.3, 0.4) is 0 Å². The van der Waals surface area contributed by atoms with Crippen molar-refractivity contribution in [2.75, 3.05) is 40.3 Å². The fourth-order valence-electron chi connectivity index (χ4n) is 3.36. The first-order valence-corrected chi connectivity index (χ1v) is 7.91. The molecule has 1 amide bonds. The Morgan fingerprint density at radius 1 is 1.38 bits per heavy atom. The average Bonchev–Trinajstić information content (AvgIpc) is 3.09. The van der Waals surface area contributed by atoms with Gasteiger partial charge in [-0.05, 0) is 24.7 Å². The van der Waals surface area contributed by atoms with E-state index in [4.69, 9.17) is 0 Å². The molecule has 118 valence electrons. The van der Waals surface area contributed by atoms with Gasteiger partial charge >= 0.3 is 0 Å². The van der Waals surface area contributed by atoms with E-state index in [0.29, 0.717) is 12.0 Å². The minimum absolute atomic E-state index is 0.0303. The van der Waals surface area contributed by atoms with Crippen LogP contribution in [0.5, 0.6) is 0 Å². The molecule has 1 aliphatic carbocycles. The summed E-state index contributed by atoms with van der Waals surface area (Å²) in [6.45, 7) is 6.74. The molecule has 0 aromatic carbocycles. The number of hydrogen-bond acceptors (Lipinski definition) is 2. The maximum atomic E-state index is 11.7. The molecule has 0 radical (unpaired) electrons. The Bertz CT molecular complexity index is 411. The Labute approximate surface area is 128 Å². The van der Waals surface area contributed by atoms with Crippen LogP contribution in [-0.4, -0.2) is 61.9 Å². The fourth-order valence-corrected chi connectivity index (χ4v) is 3.36. The molecule has 1 saturated heterocycles. The van der Waals surface area contributed by atoms with Crippen LogP contribution in [0, 0.1) is 5.41 Å². The molecule has 1 spiro atoms. The Balaban J connectivity index is 2.00. The van der Waals surface area contributed by atoms with E-state index >= 15 is 0 Å². The topological polar surface area (TPSA) is 47.9 Å². The lowest BCUT2D eigenvalue weighted by Gasteiger charge is -2.26. The second-order valence-corrected chi connectivity index (χ2v) is 6.48. The van der Waals surface area contributed by atoms with Gasteiger partial charge in [0.15, 0.2) is 5.96 Å². The van der Waals surface area contributed by atoms with Gasteiger partial charge in [0, 0.05) is 33.7 Å². The smallest absolute Gasteiger partial charge is 0.243 e. The van der Waals surface area contributed by atoms with Crippen LogP contribution >= 0.6 is 0 Å². The number of nitrogens with one attached hydrogen (secondary N) is 1. The molecule has 1 heterocycles. The van der Waals surface area contributed by atoms with Crippen LogP contribution in [0.4, 0.5) is 0 Å². The van der Waals surface area contributed by atoms with Crippen molar-refractivity contribution in [1.29, 1.82) is 0 Å². The monoisotopic (exact) mass is 292 g/mol. The van der Waals surface area contributed by atoms with Crippen LogP contribution < -0.4 is 5.32 Å². The van der Waals surface area contributed by atoms with E-state index < -0.39 is 0 Å². The van der Waals surface area contributed by atoms with E-state index in [1.807, 2.05) is 6.08 Å². The lowest BCUT2D eigenvalue weighted by Crippen LogP contribution is -2.42. The van der Waals surface area contributed by atoms with Gasteiger partial charge in [0.25, 0.3) is 0 Å². The van der Waals surface area contributed by atoms with Gasteiger partial charge in [-0.1, -0.05) is 18.9 Å². The molecular formula is C16H28N4O. The minimum atomic E-state index is 0.0303. The van der Waals surface area contributed by atoms with Crippen molar-refractivity contribution >= 4 is 11.9 Å². The van der Waals surface area contributed by atoms with E-state index in [1.165, 1.54) is 32.1 Å². The lowest BCUT2D eigenvalue weighted by molar-refractivity contribution is -0.127. The summed E-state index contributed by atoms with van der Waals surface area (Å²) in [6.07, 6.45) is 8.48. The van der Waals surface area contributed by atoms with Gasteiger partial charge in [-0.2, -0.15) is 0 Å². The Morgan fingerprint density at radius 3 is 2.71 bits per heavy atom. The van der Waals surface area contributed by atoms with Crippen molar-refractivity contribution < 1.29 is 4.79 Å². The van der Waals surface area contributed by atoms with Gasteiger partial charge in [-0.3, -0.25) is 4.79 Å². The number of nitrogens with zero attached hydrogens (tertiary/aromatic N) is 3. The summed E-state index contributed by atoms with van der Waals surface area (Å²) in [6, 6.07) is 0. The summed E-state index contributed by atoms with van der Waals surface area (Å²) in [5, 5.41) is 3.30. The van der Waals surface area contributed by atoms with Crippen LogP contribution in [0.2, 0.25) is 0 Å². The molecule has 0 unspecified atom stereocenters. The Hall–Kier alpha value is -1.52. The van der Waals surface area contributed by atoms with Gasteiger partial charge in [-0.25, -0.2) is 4.99 Å². The largest absolute Gasteiger partial charge is 0.353 e. The fraction of sp³-hybridized carbons (Fsp3) is 0.750. The molecular weight excluding hydrogens is 264 g/mol. The number of likely N-dealkylation sites (tertiary alicyclic amines) is 1. The molecule has 2 rings (SSSR count). The molecule has 0 aromatic heterocycles. The van der Waals surface area contributed by atoms with Crippen molar-refractivity contribution in [2.45, 2.75) is 32.1 Å². The predicted molar refractivity (Wildman–Crippen MR) is 86.3 cm³/mol. The number of rotatable bonds is 4. The molecule has 1 aliphatic heterocycles. The number of amides is 1. The van der Waals surface area contributed by atoms with Crippen LogP contribution in [-0.2, 0) is 4.79 Å². The minimum Gasteiger partial charge on any atom is -0.353 e. The van der Waals surface area contributed by atoms with Crippen molar-refractivity contribution in [2.24, 2.45) is 10.4 Å². The standard InChI is InChI=1S/C16H28N4O/c1-4-10-17-15(18-12-14(21)19(2)3)20-11-9-16(13-20)7-5-6-8-16/h4H,1,5-13H2,2-3H3,(H,17,18). The predicted octanol–water partition coefficient (Wildman–Crippen LogP) is 1.47. The Morgan fingerprint density at radius 2 is 2.10 bits per heavy atom. The molecule has 0 aromatic rings. The summed E-state index contributed by atoms with van der Waals surface area (Å²) < 4.78 is 0. The van der Waals surface area contributed by atoms with E-state index in [-0.39, 0.29) is 12.5 Å². The molecule has 21 heavy (non-hydrogen) atoms. The van der Waals surface area contributed by atoms with E-state index in [9.17, 15) is 4.79 Å². The van der Waals surface area contributed by atoms with Crippen molar-refractivity contribution in [3.8, 4) is 0 Å². The maximum Gasteiger partial charge on any atom is 0.243 e. The summed E-state index contributed by atoms with van der Waals surface area (Å²) in [5.74, 6) is 0.886. The second kappa shape index (κ2) is 6.96. The first-order valence-electron chi connectivity index (χ1n) is 7.91. The van der Waals surface area contributed by atoms with Gasteiger partial charge in [0.1, 0.15) is 6.54 Å². The summed E-state index contributed by atoms with van der Waals surface area (Å²) in [5.41, 5.74) is 0.502. The van der Waals surface area contributed by atoms with Gasteiger partial charge in [-0.15, -0.1) is 6.58 Å². The number of carbonyl (C=O) groups is 1. The number of hydrogen-bond donors (Lipinski definition) is 1. The van der Waals surface area contributed by atoms with E-state index in [1.54, 1.807) is 19.0 Å². The number of carbonyl (C=O) groups excluding carboxylic acids is 1. The van der Waals surface area contributed by atoms with E-state index in [2.05, 4.69) is 21.8 Å². The van der Waals surface area contributed by atoms with Crippen molar-refractivity contribution in [3.05, 3.63) is 12.7 Å². The highest BCUT2D eigenvalue weighted by molar-refractivity contribution is 5.85. The highest BCUT2D eigenvalue weighted by Gasteiger charge is 2.41. The molecule has 5 heteroatoms. The SMILES string of the molecule is C=CCNC(=NCC(=O)N(C)C)N1CCC2(CCCC2)C1. The third kappa shape index (κ3) is 3.99. The molecule has 0 atom stereocenters. The van der Waals surface area contributed by atoms with Gasteiger partial charge < -0.3 is 15.1 Å². The third-order valence-electron chi connectivity index (χ3n) is 4.67. The van der Waals surface area contributed by atoms with Gasteiger partial charge in [0.05, 0.1) is 0 Å². The number of guanidine groups is 1. The van der Waals surface area contributed by atoms with E-state index in [0.717, 1.165) is 19.0 Å². The van der Waals surface area contributed by atoms with Crippen LogP contribution in [0.25, 0.3) is 0 Å². The van der Waals surface area contributed by atoms with Crippen molar-refractivity contribution in [1.82, 2.24) is 15.1 Å². The second-order valence-electron chi connectivity index (χ2n) is 6.48. The zero-order valence-electron chi connectivity index (χ0n) is 13.4. The summed E-state index contributed by atoms with van der Waals surface area (Å²) in [4.78, 5) is 20.1. The molecule has 1 N–H and O–H groups in total. The first-order chi connectivity index (χ1) is 10.1. The number of likely N-dealkylation sites (N-methyl/N-ethyl adjacent to an activating group) is 1. The number of aliphatic imine (C=N–C) groups is 1.